The van der Waals surface area contributed by atoms with Crippen molar-refractivity contribution in [1.82, 2.24) is 19.1 Å². The van der Waals surface area contributed by atoms with Crippen LogP contribution in [0.2, 0.25) is 0 Å². The van der Waals surface area contributed by atoms with Crippen molar-refractivity contribution in [3.8, 4) is 22.7 Å². The summed E-state index contributed by atoms with van der Waals surface area (Å²) in [5, 5.41) is 10.1. The van der Waals surface area contributed by atoms with E-state index in [0.717, 1.165) is 64.7 Å². The van der Waals surface area contributed by atoms with Crippen molar-refractivity contribution in [3.63, 3.8) is 0 Å². The van der Waals surface area contributed by atoms with E-state index in [-0.39, 0.29) is 12.4 Å². The van der Waals surface area contributed by atoms with Crippen molar-refractivity contribution in [3.05, 3.63) is 83.6 Å². The van der Waals surface area contributed by atoms with Crippen molar-refractivity contribution in [2.45, 2.75) is 32.9 Å². The molecule has 1 aliphatic heterocycles. The van der Waals surface area contributed by atoms with Crippen LogP contribution >= 0.6 is 0 Å². The fraction of sp³-hybridized carbons (Fsp3) is 0.231. The number of halogens is 1. The molecule has 3 heterocycles. The molecule has 0 spiro atoms. The van der Waals surface area contributed by atoms with Crippen molar-refractivity contribution >= 4 is 11.6 Å². The molecule has 0 saturated carbocycles. The molecule has 33 heavy (non-hydrogen) atoms. The summed E-state index contributed by atoms with van der Waals surface area (Å²) in [7, 11) is 1.66. The van der Waals surface area contributed by atoms with Gasteiger partial charge >= 0.3 is 0 Å². The van der Waals surface area contributed by atoms with Crippen LogP contribution in [0.4, 0.5) is 4.39 Å². The monoisotopic (exact) mass is 444 g/mol. The zero-order chi connectivity index (χ0) is 22.9. The van der Waals surface area contributed by atoms with E-state index in [9.17, 15) is 9.50 Å². The Morgan fingerprint density at radius 3 is 2.70 bits per heavy atom. The van der Waals surface area contributed by atoms with Crippen molar-refractivity contribution < 1.29 is 14.2 Å². The summed E-state index contributed by atoms with van der Waals surface area (Å²) in [6.07, 6.45) is 7.70. The van der Waals surface area contributed by atoms with Gasteiger partial charge in [-0.25, -0.2) is 14.4 Å². The molecule has 5 rings (SSSR count). The van der Waals surface area contributed by atoms with Crippen LogP contribution in [0.1, 0.15) is 35.6 Å². The van der Waals surface area contributed by atoms with E-state index in [0.29, 0.717) is 5.69 Å². The van der Waals surface area contributed by atoms with Gasteiger partial charge in [0.1, 0.15) is 17.4 Å². The van der Waals surface area contributed by atoms with Crippen LogP contribution in [-0.2, 0) is 13.2 Å². The molecule has 0 aliphatic carbocycles. The van der Waals surface area contributed by atoms with Gasteiger partial charge in [-0.15, -0.1) is 0 Å². The fourth-order valence-corrected chi connectivity index (χ4v) is 4.40. The Labute approximate surface area is 191 Å². The molecular formula is C26H25FN4O2. The smallest absolute Gasteiger partial charge is 0.143 e. The first kappa shape index (κ1) is 21.2. The maximum absolute atomic E-state index is 13.4. The molecule has 1 aliphatic rings. The number of benzene rings is 2. The Balaban J connectivity index is 1.55. The molecule has 2 aromatic heterocycles. The first-order valence-electron chi connectivity index (χ1n) is 10.9. The predicted octanol–water partition coefficient (Wildman–Crippen LogP) is 5.02. The number of hydrogen-bond acceptors (Lipinski definition) is 4. The molecule has 2 aromatic carbocycles. The van der Waals surface area contributed by atoms with Crippen LogP contribution in [0, 0.1) is 12.7 Å². The van der Waals surface area contributed by atoms with Gasteiger partial charge in [-0.3, -0.25) is 0 Å². The molecule has 0 atom stereocenters. The van der Waals surface area contributed by atoms with Crippen LogP contribution in [0.15, 0.2) is 55.0 Å². The average Bonchev–Trinajstić information content (AvgIpc) is 3.43. The number of nitrogens with zero attached hydrogens (tertiary/aromatic N) is 4. The van der Waals surface area contributed by atoms with Crippen LogP contribution in [0.5, 0.6) is 5.75 Å². The minimum absolute atomic E-state index is 0.125. The van der Waals surface area contributed by atoms with Crippen molar-refractivity contribution in [2.75, 3.05) is 7.11 Å². The molecule has 168 valence electrons. The average molecular weight is 445 g/mol. The molecule has 0 amide bonds. The second-order valence-electron chi connectivity index (χ2n) is 8.17. The van der Waals surface area contributed by atoms with Gasteiger partial charge in [0, 0.05) is 18.3 Å². The predicted molar refractivity (Wildman–Crippen MR) is 126 cm³/mol. The molecule has 4 aromatic rings. The molecule has 0 radical (unpaired) electrons. The van der Waals surface area contributed by atoms with E-state index in [4.69, 9.17) is 9.72 Å². The number of aliphatic hydroxyl groups is 1. The minimum Gasteiger partial charge on any atom is -0.495 e. The van der Waals surface area contributed by atoms with Gasteiger partial charge in [-0.05, 0) is 73.4 Å². The van der Waals surface area contributed by atoms with E-state index in [2.05, 4.69) is 21.7 Å². The van der Waals surface area contributed by atoms with E-state index in [1.807, 2.05) is 29.8 Å². The minimum atomic E-state index is -0.294. The zero-order valence-electron chi connectivity index (χ0n) is 18.6. The second kappa shape index (κ2) is 8.67. The maximum atomic E-state index is 13.4. The first-order chi connectivity index (χ1) is 16.1. The van der Waals surface area contributed by atoms with Gasteiger partial charge in [0.25, 0.3) is 0 Å². The Bertz CT molecular complexity index is 1340. The lowest BCUT2D eigenvalue weighted by molar-refractivity contribution is 0.270. The van der Waals surface area contributed by atoms with Gasteiger partial charge in [-0.2, -0.15) is 0 Å². The second-order valence-corrected chi connectivity index (χ2v) is 8.17. The van der Waals surface area contributed by atoms with E-state index < -0.39 is 0 Å². The molecule has 7 heteroatoms. The van der Waals surface area contributed by atoms with Gasteiger partial charge in [0.2, 0.25) is 0 Å². The van der Waals surface area contributed by atoms with Crippen molar-refractivity contribution in [2.24, 2.45) is 0 Å². The number of fused-ring (bicyclic) bond motifs is 1. The number of imidazole rings is 2. The Morgan fingerprint density at radius 1 is 1.18 bits per heavy atom. The maximum Gasteiger partial charge on any atom is 0.143 e. The number of rotatable bonds is 5. The molecule has 6 nitrogen and oxygen atoms in total. The van der Waals surface area contributed by atoms with Crippen LogP contribution < -0.4 is 4.74 Å². The number of allylic oxidation sites excluding steroid dienone is 1. The summed E-state index contributed by atoms with van der Waals surface area (Å²) >= 11 is 0. The van der Waals surface area contributed by atoms with E-state index in [1.54, 1.807) is 25.6 Å². The Hall–Kier alpha value is -3.71. The number of aliphatic hydroxyl groups excluding tert-OH is 1. The summed E-state index contributed by atoms with van der Waals surface area (Å²) < 4.78 is 23.1. The molecular weight excluding hydrogens is 419 g/mol. The highest BCUT2D eigenvalue weighted by molar-refractivity contribution is 5.82. The highest BCUT2D eigenvalue weighted by Gasteiger charge is 2.23. The fourth-order valence-electron chi connectivity index (χ4n) is 4.40. The number of hydrogen-bond donors (Lipinski definition) is 1. The summed E-state index contributed by atoms with van der Waals surface area (Å²) in [5.74, 6) is 1.30. The third kappa shape index (κ3) is 3.96. The molecule has 0 fully saturated rings. The number of methoxy groups -OCH3 is 1. The number of aromatic nitrogens is 4. The molecule has 1 N–H and O–H groups in total. The highest BCUT2D eigenvalue weighted by Crippen LogP contribution is 2.35. The Morgan fingerprint density at radius 2 is 2.00 bits per heavy atom. The standard InChI is InChI=1S/C26H25FN4O2/c1-17-14-30(16-28-17)22-10-5-18(13-24(22)33-2)12-20-4-3-11-31-23(15-32)25(29-26(20)31)19-6-8-21(27)9-7-19/h5-10,12-14,16,32H,3-4,11,15H2,1-2H3. The first-order valence-corrected chi connectivity index (χ1v) is 10.9. The molecule has 0 saturated heterocycles. The lowest BCUT2D eigenvalue weighted by Crippen LogP contribution is -2.12. The SMILES string of the molecule is COc1cc(C=C2CCCn3c2nc(-c2ccc(F)cc2)c3CO)ccc1-n1cnc(C)c1. The summed E-state index contributed by atoms with van der Waals surface area (Å²) in [4.78, 5) is 9.18. The van der Waals surface area contributed by atoms with E-state index in [1.165, 1.54) is 12.1 Å². The topological polar surface area (TPSA) is 65.1 Å². The van der Waals surface area contributed by atoms with E-state index >= 15 is 0 Å². The molecule has 0 bridgehead atoms. The van der Waals surface area contributed by atoms with Gasteiger partial charge in [0.15, 0.2) is 0 Å². The Kier molecular flexibility index (Phi) is 5.56. The van der Waals surface area contributed by atoms with Crippen molar-refractivity contribution in [1.29, 1.82) is 0 Å². The van der Waals surface area contributed by atoms with Gasteiger partial charge in [0.05, 0.1) is 42.8 Å². The van der Waals surface area contributed by atoms with Crippen LogP contribution in [0.25, 0.3) is 28.6 Å². The lowest BCUT2D eigenvalue weighted by Gasteiger charge is -2.19. The zero-order valence-corrected chi connectivity index (χ0v) is 18.6. The molecule has 0 unspecified atom stereocenters. The summed E-state index contributed by atoms with van der Waals surface area (Å²) in [6, 6.07) is 12.3. The normalized spacial score (nSPS) is 14.5. The van der Waals surface area contributed by atoms with Crippen LogP contribution in [-0.4, -0.2) is 31.3 Å². The number of aryl methyl sites for hydroxylation is 1. The lowest BCUT2D eigenvalue weighted by atomic mass is 10.0. The number of ether oxygens (including phenoxy) is 1. The third-order valence-electron chi connectivity index (χ3n) is 5.99. The van der Waals surface area contributed by atoms with Gasteiger partial charge < -0.3 is 19.0 Å². The van der Waals surface area contributed by atoms with Gasteiger partial charge in [-0.1, -0.05) is 6.07 Å². The summed E-state index contributed by atoms with van der Waals surface area (Å²) in [5.41, 5.74) is 6.21. The third-order valence-corrected chi connectivity index (χ3v) is 5.99. The highest BCUT2D eigenvalue weighted by atomic mass is 19.1. The quantitative estimate of drug-likeness (QED) is 0.470. The van der Waals surface area contributed by atoms with Crippen LogP contribution in [0.3, 0.4) is 0 Å². The summed E-state index contributed by atoms with van der Waals surface area (Å²) in [6.45, 7) is 2.62. The largest absolute Gasteiger partial charge is 0.495 e.